The molecule has 0 fully saturated rings. The summed E-state index contributed by atoms with van der Waals surface area (Å²) in [6.45, 7) is 6.91. The lowest BCUT2D eigenvalue weighted by Gasteiger charge is -2.19. The summed E-state index contributed by atoms with van der Waals surface area (Å²) in [5.41, 5.74) is 1.38. The minimum atomic E-state index is -0.721. The summed E-state index contributed by atoms with van der Waals surface area (Å²) in [6.07, 6.45) is 4.10. The molecule has 4 heteroatoms. The van der Waals surface area contributed by atoms with Crippen LogP contribution in [0.5, 0.6) is 0 Å². The molecule has 0 saturated carbocycles. The maximum atomic E-state index is 11.6. The van der Waals surface area contributed by atoms with Crippen LogP contribution in [0.3, 0.4) is 0 Å². The van der Waals surface area contributed by atoms with Crippen LogP contribution in [-0.2, 0) is 19.1 Å². The standard InChI is InChI=1S/C24H30O4/c1-5-7-9-11-17-23(27-19(3)25)21-15-13-14-16-22(21)24(28-20(4)26)18-12-10-8-6-2/h13-16,23-24H,5-10H2,1-4H3. The van der Waals surface area contributed by atoms with E-state index in [1.807, 2.05) is 24.3 Å². The van der Waals surface area contributed by atoms with Gasteiger partial charge in [-0.25, -0.2) is 0 Å². The summed E-state index contributed by atoms with van der Waals surface area (Å²) >= 11 is 0. The number of benzene rings is 1. The van der Waals surface area contributed by atoms with Gasteiger partial charge >= 0.3 is 11.9 Å². The fourth-order valence-electron chi connectivity index (χ4n) is 2.52. The van der Waals surface area contributed by atoms with E-state index in [0.717, 1.165) is 38.5 Å². The predicted octanol–water partition coefficient (Wildman–Crippen LogP) is 5.28. The molecule has 0 heterocycles. The maximum absolute atomic E-state index is 11.6. The summed E-state index contributed by atoms with van der Waals surface area (Å²) in [6, 6.07) is 7.36. The Morgan fingerprint density at radius 1 is 0.821 bits per heavy atom. The molecule has 0 aliphatic heterocycles. The third-order valence-corrected chi connectivity index (χ3v) is 3.91. The minimum Gasteiger partial charge on any atom is -0.444 e. The largest absolute Gasteiger partial charge is 0.444 e. The normalized spacial score (nSPS) is 11.9. The molecular formula is C24H30O4. The molecule has 0 N–H and O–H groups in total. The number of unbranched alkanes of at least 4 members (excludes halogenated alkanes) is 4. The Balaban J connectivity index is 3.27. The van der Waals surface area contributed by atoms with Gasteiger partial charge in [0.2, 0.25) is 0 Å². The van der Waals surface area contributed by atoms with E-state index in [0.29, 0.717) is 11.1 Å². The molecule has 150 valence electrons. The first-order valence-electron chi connectivity index (χ1n) is 9.89. The van der Waals surface area contributed by atoms with E-state index in [1.165, 1.54) is 13.8 Å². The Morgan fingerprint density at radius 3 is 1.54 bits per heavy atom. The molecule has 0 aliphatic rings. The molecule has 1 aromatic rings. The Bertz CT molecular complexity index is 693. The van der Waals surface area contributed by atoms with Crippen LogP contribution in [0.2, 0.25) is 0 Å². The zero-order chi connectivity index (χ0) is 20.8. The van der Waals surface area contributed by atoms with Crippen molar-refractivity contribution < 1.29 is 19.1 Å². The van der Waals surface area contributed by atoms with Crippen LogP contribution in [0.4, 0.5) is 0 Å². The van der Waals surface area contributed by atoms with Gasteiger partial charge in [0.1, 0.15) is 0 Å². The van der Waals surface area contributed by atoms with Gasteiger partial charge in [-0.1, -0.05) is 74.6 Å². The first-order chi connectivity index (χ1) is 13.5. The second kappa shape index (κ2) is 13.4. The molecule has 0 amide bonds. The van der Waals surface area contributed by atoms with Crippen molar-refractivity contribution in [2.75, 3.05) is 0 Å². The lowest BCUT2D eigenvalue weighted by Crippen LogP contribution is -2.14. The molecule has 0 spiro atoms. The molecule has 0 saturated heterocycles. The number of ether oxygens (including phenoxy) is 2. The van der Waals surface area contributed by atoms with E-state index in [-0.39, 0.29) is 0 Å². The van der Waals surface area contributed by atoms with Crippen LogP contribution >= 0.6 is 0 Å². The molecule has 0 aromatic heterocycles. The topological polar surface area (TPSA) is 52.6 Å². The highest BCUT2D eigenvalue weighted by Gasteiger charge is 2.22. The molecular weight excluding hydrogens is 352 g/mol. The number of hydrogen-bond donors (Lipinski definition) is 0. The first-order valence-corrected chi connectivity index (χ1v) is 9.89. The summed E-state index contributed by atoms with van der Waals surface area (Å²) in [5, 5.41) is 0. The molecule has 4 nitrogen and oxygen atoms in total. The lowest BCUT2D eigenvalue weighted by molar-refractivity contribution is -0.146. The molecule has 2 atom stereocenters. The van der Waals surface area contributed by atoms with Gasteiger partial charge in [0.15, 0.2) is 12.2 Å². The second-order valence-electron chi connectivity index (χ2n) is 6.46. The van der Waals surface area contributed by atoms with E-state index in [9.17, 15) is 9.59 Å². The van der Waals surface area contributed by atoms with Crippen molar-refractivity contribution in [2.24, 2.45) is 0 Å². The average Bonchev–Trinajstić information content (AvgIpc) is 2.66. The molecule has 2 unspecified atom stereocenters. The van der Waals surface area contributed by atoms with Crippen molar-refractivity contribution in [3.63, 3.8) is 0 Å². The highest BCUT2D eigenvalue weighted by Crippen LogP contribution is 2.28. The number of carbonyl (C=O) groups excluding carboxylic acids is 2. The molecule has 1 rings (SSSR count). The van der Waals surface area contributed by atoms with Crippen LogP contribution < -0.4 is 0 Å². The lowest BCUT2D eigenvalue weighted by atomic mass is 9.97. The Morgan fingerprint density at radius 2 is 1.21 bits per heavy atom. The van der Waals surface area contributed by atoms with Crippen molar-refractivity contribution in [1.29, 1.82) is 0 Å². The number of carbonyl (C=O) groups is 2. The van der Waals surface area contributed by atoms with Crippen molar-refractivity contribution in [1.82, 2.24) is 0 Å². The molecule has 28 heavy (non-hydrogen) atoms. The quantitative estimate of drug-likeness (QED) is 0.349. The van der Waals surface area contributed by atoms with E-state index < -0.39 is 24.1 Å². The van der Waals surface area contributed by atoms with Gasteiger partial charge in [-0.05, 0) is 12.8 Å². The Hall–Kier alpha value is -2.72. The number of esters is 2. The fourth-order valence-corrected chi connectivity index (χ4v) is 2.52. The Labute approximate surface area is 169 Å². The number of hydrogen-bond acceptors (Lipinski definition) is 4. The van der Waals surface area contributed by atoms with Crippen LogP contribution in [0.15, 0.2) is 24.3 Å². The summed E-state index contributed by atoms with van der Waals surface area (Å²) < 4.78 is 10.9. The molecule has 0 aliphatic carbocycles. The van der Waals surface area contributed by atoms with E-state index in [2.05, 4.69) is 37.5 Å². The predicted molar refractivity (Wildman–Crippen MR) is 110 cm³/mol. The summed E-state index contributed by atoms with van der Waals surface area (Å²) in [5.74, 6) is 11.4. The van der Waals surface area contributed by atoms with E-state index in [1.54, 1.807) is 0 Å². The van der Waals surface area contributed by atoms with Crippen LogP contribution in [0.1, 0.15) is 89.6 Å². The van der Waals surface area contributed by atoms with E-state index in [4.69, 9.17) is 9.47 Å². The zero-order valence-corrected chi connectivity index (χ0v) is 17.3. The maximum Gasteiger partial charge on any atom is 0.304 e. The third-order valence-electron chi connectivity index (χ3n) is 3.91. The first kappa shape index (κ1) is 23.3. The van der Waals surface area contributed by atoms with Gasteiger partial charge in [0.25, 0.3) is 0 Å². The summed E-state index contributed by atoms with van der Waals surface area (Å²) in [4.78, 5) is 23.2. The SMILES string of the molecule is CCCCC#CC(OC(C)=O)c1ccccc1C(C#CCCCC)OC(C)=O. The highest BCUT2D eigenvalue weighted by atomic mass is 16.5. The van der Waals surface area contributed by atoms with Gasteiger partial charge in [-0.2, -0.15) is 0 Å². The highest BCUT2D eigenvalue weighted by molar-refractivity contribution is 5.68. The van der Waals surface area contributed by atoms with Crippen LogP contribution in [-0.4, -0.2) is 11.9 Å². The average molecular weight is 383 g/mol. The van der Waals surface area contributed by atoms with Gasteiger partial charge in [-0.3, -0.25) is 9.59 Å². The Kier molecular flexibility index (Phi) is 11.2. The van der Waals surface area contributed by atoms with Crippen molar-refractivity contribution in [2.45, 2.75) is 78.4 Å². The monoisotopic (exact) mass is 382 g/mol. The van der Waals surface area contributed by atoms with Crippen LogP contribution in [0, 0.1) is 23.7 Å². The van der Waals surface area contributed by atoms with Crippen molar-refractivity contribution in [3.05, 3.63) is 35.4 Å². The minimum absolute atomic E-state index is 0.414. The van der Waals surface area contributed by atoms with Crippen LogP contribution in [0.25, 0.3) is 0 Å². The molecule has 1 aromatic carbocycles. The van der Waals surface area contributed by atoms with Gasteiger partial charge in [0, 0.05) is 37.8 Å². The fraction of sp³-hybridized carbons (Fsp3) is 0.500. The number of rotatable bonds is 8. The van der Waals surface area contributed by atoms with Gasteiger partial charge in [0.05, 0.1) is 0 Å². The van der Waals surface area contributed by atoms with Crippen molar-refractivity contribution >= 4 is 11.9 Å². The molecule has 0 bridgehead atoms. The van der Waals surface area contributed by atoms with E-state index >= 15 is 0 Å². The summed E-state index contributed by atoms with van der Waals surface area (Å²) in [7, 11) is 0. The van der Waals surface area contributed by atoms with Gasteiger partial charge in [-0.15, -0.1) is 0 Å². The second-order valence-corrected chi connectivity index (χ2v) is 6.46. The molecule has 0 radical (unpaired) electrons. The van der Waals surface area contributed by atoms with Gasteiger partial charge < -0.3 is 9.47 Å². The smallest absolute Gasteiger partial charge is 0.304 e. The zero-order valence-electron chi connectivity index (χ0n) is 17.3. The third kappa shape index (κ3) is 8.78. The van der Waals surface area contributed by atoms with Crippen molar-refractivity contribution in [3.8, 4) is 23.7 Å².